The number of carboxylic acid groups (broad SMARTS) is 1. The van der Waals surface area contributed by atoms with E-state index in [-0.39, 0.29) is 17.4 Å². The van der Waals surface area contributed by atoms with E-state index in [1.165, 1.54) is 24.3 Å². The Balaban J connectivity index is 2.06. The first-order valence-corrected chi connectivity index (χ1v) is 6.17. The van der Waals surface area contributed by atoms with E-state index in [1.54, 1.807) is 0 Å². The van der Waals surface area contributed by atoms with Crippen LogP contribution in [0.25, 0.3) is 0 Å². The fraction of sp³-hybridized carbons (Fsp3) is 0.200. The van der Waals surface area contributed by atoms with Gasteiger partial charge in [0.15, 0.2) is 6.10 Å². The van der Waals surface area contributed by atoms with Crippen LogP contribution in [0.3, 0.4) is 0 Å². The van der Waals surface area contributed by atoms with Crippen LogP contribution >= 0.6 is 0 Å². The molecule has 0 saturated heterocycles. The number of rotatable bonds is 5. The van der Waals surface area contributed by atoms with E-state index in [1.807, 2.05) is 0 Å². The molecular weight excluding hydrogens is 315 g/mol. The van der Waals surface area contributed by atoms with Crippen molar-refractivity contribution in [3.8, 4) is 17.4 Å². The largest absolute Gasteiger partial charge is 0.479 e. The Hall–Kier alpha value is -2.77. The van der Waals surface area contributed by atoms with Gasteiger partial charge < -0.3 is 14.6 Å². The third-order valence-corrected chi connectivity index (χ3v) is 2.59. The minimum Gasteiger partial charge on any atom is -0.479 e. The molecule has 1 aromatic heterocycles. The van der Waals surface area contributed by atoms with Gasteiger partial charge in [-0.05, 0) is 37.2 Å². The minimum atomic E-state index is -4.51. The summed E-state index contributed by atoms with van der Waals surface area (Å²) in [6, 6.07) is 7.04. The van der Waals surface area contributed by atoms with Gasteiger partial charge in [0.1, 0.15) is 11.5 Å². The molecule has 0 bridgehead atoms. The number of nitrogens with zero attached hydrogens (tertiary/aromatic N) is 1. The van der Waals surface area contributed by atoms with E-state index >= 15 is 0 Å². The van der Waals surface area contributed by atoms with Crippen molar-refractivity contribution < 1.29 is 36.7 Å². The molecule has 1 N–H and O–H groups in total. The minimum absolute atomic E-state index is 0.0266. The number of halogens is 3. The van der Waals surface area contributed by atoms with Crippen LogP contribution in [0.4, 0.5) is 13.2 Å². The first kappa shape index (κ1) is 12.7. The molecular formula is C15H12F3NO4. The zero-order valence-corrected chi connectivity index (χ0v) is 11.4. The second-order valence-electron chi connectivity index (χ2n) is 4.29. The van der Waals surface area contributed by atoms with E-state index in [0.29, 0.717) is 6.20 Å². The molecule has 1 heterocycles. The summed E-state index contributed by atoms with van der Waals surface area (Å²) in [5, 5.41) is 8.90. The molecule has 2 aromatic rings. The molecule has 1 atom stereocenters. The van der Waals surface area contributed by atoms with Crippen molar-refractivity contribution in [3.63, 3.8) is 0 Å². The van der Waals surface area contributed by atoms with Gasteiger partial charge in [-0.2, -0.15) is 13.2 Å². The van der Waals surface area contributed by atoms with Crippen LogP contribution in [0.5, 0.6) is 17.4 Å². The third-order valence-electron chi connectivity index (χ3n) is 2.59. The zero-order chi connectivity index (χ0) is 19.5. The molecule has 0 aliphatic carbocycles. The topological polar surface area (TPSA) is 68.7 Å². The van der Waals surface area contributed by atoms with Crippen molar-refractivity contribution in [2.24, 2.45) is 0 Å². The van der Waals surface area contributed by atoms with Crippen molar-refractivity contribution in [1.29, 1.82) is 0 Å². The van der Waals surface area contributed by atoms with E-state index in [9.17, 15) is 18.0 Å². The van der Waals surface area contributed by atoms with E-state index in [2.05, 4.69) is 4.98 Å². The molecule has 0 spiro atoms. The molecule has 0 amide bonds. The van der Waals surface area contributed by atoms with Crippen molar-refractivity contribution >= 4 is 5.97 Å². The van der Waals surface area contributed by atoms with Gasteiger partial charge in [0.2, 0.25) is 5.88 Å². The highest BCUT2D eigenvalue weighted by Gasteiger charge is 2.30. The predicted molar refractivity (Wildman–Crippen MR) is 73.5 cm³/mol. The molecule has 1 aromatic carbocycles. The molecule has 5 nitrogen and oxygen atoms in total. The van der Waals surface area contributed by atoms with Crippen molar-refractivity contribution in [3.05, 3.63) is 48.2 Å². The molecule has 0 radical (unpaired) electrons. The number of hydrogen-bond donors (Lipinski definition) is 1. The maximum absolute atomic E-state index is 12.5. The van der Waals surface area contributed by atoms with Gasteiger partial charge >= 0.3 is 12.1 Å². The molecule has 8 heteroatoms. The quantitative estimate of drug-likeness (QED) is 0.904. The summed E-state index contributed by atoms with van der Waals surface area (Å²) in [6.45, 7) is -2.86. The lowest BCUT2D eigenvalue weighted by Crippen LogP contribution is -2.22. The molecule has 23 heavy (non-hydrogen) atoms. The van der Waals surface area contributed by atoms with Crippen LogP contribution < -0.4 is 9.47 Å². The first-order chi connectivity index (χ1) is 12.0. The van der Waals surface area contributed by atoms with Crippen LogP contribution in [-0.4, -0.2) is 22.2 Å². The molecule has 2 rings (SSSR count). The number of carboxylic acids is 1. The zero-order valence-electron chi connectivity index (χ0n) is 14.4. The number of aromatic nitrogens is 1. The number of alkyl halides is 3. The van der Waals surface area contributed by atoms with Gasteiger partial charge in [-0.3, -0.25) is 0 Å². The van der Waals surface area contributed by atoms with Crippen molar-refractivity contribution in [2.45, 2.75) is 19.1 Å². The lowest BCUT2D eigenvalue weighted by Gasteiger charge is -2.11. The number of carbonyl (C=O) groups is 1. The van der Waals surface area contributed by atoms with Gasteiger partial charge in [-0.15, -0.1) is 0 Å². The summed E-state index contributed by atoms with van der Waals surface area (Å²) in [6.07, 6.45) is -5.92. The fourth-order valence-electron chi connectivity index (χ4n) is 1.50. The van der Waals surface area contributed by atoms with Crippen LogP contribution in [0, 0.1) is 0 Å². The number of benzene rings is 1. The van der Waals surface area contributed by atoms with Crippen LogP contribution in [0.15, 0.2) is 42.6 Å². The Kier molecular flexibility index (Phi) is 3.63. The van der Waals surface area contributed by atoms with Gasteiger partial charge in [-0.25, -0.2) is 9.78 Å². The summed E-state index contributed by atoms with van der Waals surface area (Å²) < 4.78 is 69.0. The lowest BCUT2D eigenvalue weighted by atomic mass is 10.3. The Morgan fingerprint density at radius 3 is 2.35 bits per heavy atom. The van der Waals surface area contributed by atoms with Gasteiger partial charge in [0, 0.05) is 16.4 Å². The van der Waals surface area contributed by atoms with E-state index < -0.39 is 30.7 Å². The number of aliphatic carboxylic acids is 1. The highest BCUT2D eigenvalue weighted by Crippen LogP contribution is 2.30. The van der Waals surface area contributed by atoms with Crippen LogP contribution in [-0.2, 0) is 11.0 Å². The SMILES string of the molecule is [2H]C([2H])([2H])C(Oc1ccc(Oc2ccc(C(F)(F)F)cn2)cc1)C(=O)O. The van der Waals surface area contributed by atoms with Crippen molar-refractivity contribution in [1.82, 2.24) is 4.98 Å². The summed E-state index contributed by atoms with van der Waals surface area (Å²) >= 11 is 0. The summed E-state index contributed by atoms with van der Waals surface area (Å²) in [5.74, 6) is -1.57. The molecule has 0 saturated carbocycles. The number of pyridine rings is 1. The lowest BCUT2D eigenvalue weighted by molar-refractivity contribution is -0.144. The maximum atomic E-state index is 12.5. The fourth-order valence-corrected chi connectivity index (χ4v) is 1.50. The average Bonchev–Trinajstić information content (AvgIpc) is 2.52. The maximum Gasteiger partial charge on any atom is 0.417 e. The first-order valence-electron chi connectivity index (χ1n) is 7.67. The van der Waals surface area contributed by atoms with Gasteiger partial charge in [-0.1, -0.05) is 0 Å². The normalized spacial score (nSPS) is 15.0. The Bertz CT molecular complexity index is 762. The van der Waals surface area contributed by atoms with Crippen LogP contribution in [0.1, 0.15) is 16.5 Å². The third kappa shape index (κ3) is 4.60. The highest BCUT2D eigenvalue weighted by molar-refractivity contribution is 5.72. The molecule has 122 valence electrons. The summed E-state index contributed by atoms with van der Waals surface area (Å²) in [7, 11) is 0. The Labute approximate surface area is 133 Å². The van der Waals surface area contributed by atoms with Crippen LogP contribution in [0.2, 0.25) is 0 Å². The standard InChI is InChI=1S/C15H12F3NO4/c1-9(14(20)21)22-11-3-5-12(6-4-11)23-13-7-2-10(8-19-13)15(16,17)18/h2-9H,1H3,(H,20,21)/i1D3. The molecule has 0 fully saturated rings. The summed E-state index contributed by atoms with van der Waals surface area (Å²) in [5.41, 5.74) is -0.919. The van der Waals surface area contributed by atoms with E-state index in [4.69, 9.17) is 18.7 Å². The van der Waals surface area contributed by atoms with Gasteiger partial charge in [0.05, 0.1) is 5.56 Å². The summed E-state index contributed by atoms with van der Waals surface area (Å²) in [4.78, 5) is 14.5. The molecule has 1 unspecified atom stereocenters. The monoisotopic (exact) mass is 330 g/mol. The smallest absolute Gasteiger partial charge is 0.417 e. The Morgan fingerprint density at radius 1 is 1.22 bits per heavy atom. The Morgan fingerprint density at radius 2 is 1.87 bits per heavy atom. The predicted octanol–water partition coefficient (Wildman–Crippen LogP) is 3.74. The van der Waals surface area contributed by atoms with Crippen molar-refractivity contribution in [2.75, 3.05) is 0 Å². The number of hydrogen-bond acceptors (Lipinski definition) is 4. The average molecular weight is 330 g/mol. The highest BCUT2D eigenvalue weighted by atomic mass is 19.4. The molecule has 0 aliphatic heterocycles. The van der Waals surface area contributed by atoms with Gasteiger partial charge in [0.25, 0.3) is 0 Å². The van der Waals surface area contributed by atoms with E-state index in [0.717, 1.165) is 12.1 Å². The second-order valence-corrected chi connectivity index (χ2v) is 4.29. The number of ether oxygens (including phenoxy) is 2. The molecule has 0 aliphatic rings. The second kappa shape index (κ2) is 6.55.